The lowest BCUT2D eigenvalue weighted by Gasteiger charge is -2.38. The summed E-state index contributed by atoms with van der Waals surface area (Å²) in [5.41, 5.74) is 0. The van der Waals surface area contributed by atoms with E-state index in [9.17, 15) is 28.8 Å². The van der Waals surface area contributed by atoms with E-state index in [-0.39, 0.29) is 69.5 Å². The summed E-state index contributed by atoms with van der Waals surface area (Å²) in [5.74, 6) is -2.70. The minimum atomic E-state index is -0.802. The number of hydrogen-bond acceptors (Lipinski definition) is 8. The summed E-state index contributed by atoms with van der Waals surface area (Å²) < 4.78 is 0. The zero-order valence-electron chi connectivity index (χ0n) is 19.9. The Balaban J connectivity index is 1.49. The zero-order chi connectivity index (χ0) is 25.1. The van der Waals surface area contributed by atoms with Gasteiger partial charge in [-0.3, -0.25) is 28.9 Å². The van der Waals surface area contributed by atoms with Crippen molar-refractivity contribution in [2.24, 2.45) is 0 Å². The summed E-state index contributed by atoms with van der Waals surface area (Å²) in [4.78, 5) is 77.2. The fourth-order valence-electron chi connectivity index (χ4n) is 3.93. The maximum absolute atomic E-state index is 12.2. The number of piperidine rings is 1. The molecule has 2 fully saturated rings. The molecule has 2 saturated heterocycles. The lowest BCUT2D eigenvalue weighted by molar-refractivity contribution is -0.197. The topological polar surface area (TPSA) is 154 Å². The third kappa shape index (κ3) is 9.08. The van der Waals surface area contributed by atoms with Crippen molar-refractivity contribution in [1.29, 1.82) is 0 Å². The van der Waals surface area contributed by atoms with Crippen LogP contribution in [-0.4, -0.2) is 83.7 Å². The zero-order valence-corrected chi connectivity index (χ0v) is 19.9. The molecular weight excluding hydrogens is 451 g/mol. The monoisotopic (exact) mass is 486 g/mol. The predicted molar refractivity (Wildman–Crippen MR) is 120 cm³/mol. The van der Waals surface area contributed by atoms with Crippen LogP contribution < -0.4 is 16.0 Å². The second-order valence-electron chi connectivity index (χ2n) is 8.65. The van der Waals surface area contributed by atoms with Crippen LogP contribution in [0.1, 0.15) is 65.2 Å². The third-order valence-corrected chi connectivity index (χ3v) is 5.90. The van der Waals surface area contributed by atoms with Crippen molar-refractivity contribution in [3.8, 4) is 0 Å². The molecule has 2 atom stereocenters. The second-order valence-corrected chi connectivity index (χ2v) is 8.65. The molecule has 2 aliphatic heterocycles. The van der Waals surface area contributed by atoms with Gasteiger partial charge in [-0.1, -0.05) is 6.42 Å². The van der Waals surface area contributed by atoms with E-state index >= 15 is 0 Å². The largest absolute Gasteiger partial charge is 0.356 e. The Morgan fingerprint density at radius 3 is 1.79 bits per heavy atom. The number of nitrogens with one attached hydrogen (secondary N) is 3. The van der Waals surface area contributed by atoms with Crippen LogP contribution in [0.2, 0.25) is 0 Å². The average molecular weight is 487 g/mol. The van der Waals surface area contributed by atoms with E-state index < -0.39 is 17.8 Å². The molecule has 2 unspecified atom stereocenters. The summed E-state index contributed by atoms with van der Waals surface area (Å²) in [6.45, 7) is 4.87. The second kappa shape index (κ2) is 13.6. The first-order chi connectivity index (χ1) is 16.2. The number of imide groups is 1. The van der Waals surface area contributed by atoms with Crippen molar-refractivity contribution in [3.63, 3.8) is 0 Å². The number of carbonyl (C=O) groups excluding carboxylic acids is 6. The number of hydrogen-bond donors (Lipinski definition) is 3. The molecule has 2 heterocycles. The van der Waals surface area contributed by atoms with Crippen LogP contribution in [-0.2, 0) is 33.6 Å². The molecule has 12 nitrogen and oxygen atoms in total. The van der Waals surface area contributed by atoms with Gasteiger partial charge in [-0.05, 0) is 26.7 Å². The molecule has 0 aromatic heterocycles. The van der Waals surface area contributed by atoms with Crippen molar-refractivity contribution in [2.45, 2.75) is 77.3 Å². The van der Waals surface area contributed by atoms with Crippen LogP contribution in [0.15, 0.2) is 0 Å². The van der Waals surface area contributed by atoms with Gasteiger partial charge in [-0.2, -0.15) is 0 Å². The summed E-state index contributed by atoms with van der Waals surface area (Å²) in [7, 11) is 0. The fourth-order valence-corrected chi connectivity index (χ4v) is 3.93. The van der Waals surface area contributed by atoms with Crippen molar-refractivity contribution in [1.82, 2.24) is 25.9 Å². The van der Waals surface area contributed by atoms with Gasteiger partial charge in [0.15, 0.2) is 0 Å². The number of nitrogens with zero attached hydrogens (tertiary/aromatic N) is 2. The van der Waals surface area contributed by atoms with E-state index in [0.717, 1.165) is 12.8 Å². The maximum atomic E-state index is 12.2. The van der Waals surface area contributed by atoms with E-state index in [1.165, 1.54) is 6.42 Å². The van der Waals surface area contributed by atoms with E-state index in [4.69, 9.17) is 4.84 Å². The summed E-state index contributed by atoms with van der Waals surface area (Å²) >= 11 is 0. The van der Waals surface area contributed by atoms with Crippen molar-refractivity contribution in [3.05, 3.63) is 0 Å². The number of hydroxylamine groups is 2. The molecule has 2 aliphatic rings. The van der Waals surface area contributed by atoms with Gasteiger partial charge in [0.25, 0.3) is 11.8 Å². The quantitative estimate of drug-likeness (QED) is 0.187. The Kier molecular flexibility index (Phi) is 10.9. The molecule has 0 aliphatic carbocycles. The summed E-state index contributed by atoms with van der Waals surface area (Å²) in [5, 5.41) is 8.32. The van der Waals surface area contributed by atoms with Crippen LogP contribution in [0.25, 0.3) is 0 Å². The van der Waals surface area contributed by atoms with Gasteiger partial charge in [0.1, 0.15) is 0 Å². The number of amides is 5. The third-order valence-electron chi connectivity index (χ3n) is 5.90. The first-order valence-corrected chi connectivity index (χ1v) is 11.8. The molecule has 0 aromatic rings. The van der Waals surface area contributed by atoms with E-state index in [0.29, 0.717) is 23.7 Å². The molecule has 3 N–H and O–H groups in total. The lowest BCUT2D eigenvalue weighted by Crippen LogP contribution is -2.49. The van der Waals surface area contributed by atoms with E-state index in [1.54, 1.807) is 0 Å². The van der Waals surface area contributed by atoms with Crippen LogP contribution in [0.3, 0.4) is 0 Å². The van der Waals surface area contributed by atoms with Gasteiger partial charge >= 0.3 is 5.97 Å². The molecular formula is C22H35N5O7. The number of carbonyl (C=O) groups is 6. The summed E-state index contributed by atoms with van der Waals surface area (Å²) in [6.07, 6.45) is 3.28. The first kappa shape index (κ1) is 27.2. The van der Waals surface area contributed by atoms with Crippen LogP contribution in [0.4, 0.5) is 0 Å². The van der Waals surface area contributed by atoms with Crippen molar-refractivity contribution < 1.29 is 33.6 Å². The number of likely N-dealkylation sites (tertiary alicyclic amines) is 1. The normalized spacial score (nSPS) is 20.7. The standard InChI is InChI=1S/C22H35N5O7/c1-15-4-3-5-16(2)26(15)14-19(30)25-12-9-17(28)23-11-8-18(29)24-13-10-22(33)34-27-20(31)6-7-21(27)32/h15-16H,3-14H2,1-2H3,(H,23,28)(H,24,29)(H,25,30)/i9+1,12+1,19+1,23+1,25+1. The minimum Gasteiger partial charge on any atom is -0.356 e. The molecule has 0 aromatic carbocycles. The Morgan fingerprint density at radius 1 is 0.794 bits per heavy atom. The van der Waals surface area contributed by atoms with Gasteiger partial charge in [0.05, 0.1) is 13.0 Å². The van der Waals surface area contributed by atoms with Crippen LogP contribution in [0, 0.1) is 0 Å². The van der Waals surface area contributed by atoms with Gasteiger partial charge in [-0.15, -0.1) is 5.06 Å². The van der Waals surface area contributed by atoms with Gasteiger partial charge < -0.3 is 20.8 Å². The Hall–Kier alpha value is -3.02. The van der Waals surface area contributed by atoms with Crippen LogP contribution in [0.5, 0.6) is 0 Å². The highest BCUT2D eigenvalue weighted by Crippen LogP contribution is 2.21. The molecule has 190 valence electrons. The molecule has 0 radical (unpaired) electrons. The minimum absolute atomic E-state index is 0.0120. The Morgan fingerprint density at radius 2 is 1.26 bits per heavy atom. The van der Waals surface area contributed by atoms with E-state index in [1.807, 2.05) is 0 Å². The van der Waals surface area contributed by atoms with Crippen molar-refractivity contribution in [2.75, 3.05) is 26.2 Å². The van der Waals surface area contributed by atoms with E-state index in [2.05, 4.69) is 34.7 Å². The molecule has 0 saturated carbocycles. The Labute approximate surface area is 199 Å². The lowest BCUT2D eigenvalue weighted by atomic mass is 9.98. The Bertz CT molecular complexity index is 762. The van der Waals surface area contributed by atoms with Crippen LogP contribution >= 0.6 is 0 Å². The highest BCUT2D eigenvalue weighted by Gasteiger charge is 2.32. The predicted octanol–water partition coefficient (Wildman–Crippen LogP) is -0.625. The van der Waals surface area contributed by atoms with Crippen molar-refractivity contribution >= 4 is 35.5 Å². The van der Waals surface area contributed by atoms with Gasteiger partial charge in [0.2, 0.25) is 17.7 Å². The highest BCUT2D eigenvalue weighted by atomic mass is 16.7. The molecule has 0 spiro atoms. The average Bonchev–Trinajstić information content (AvgIpc) is 3.08. The number of rotatable bonds is 12. The fraction of sp³-hybridized carbons (Fsp3) is 0.727. The smallest absolute Gasteiger partial charge is 0.334 e. The molecule has 0 bridgehead atoms. The van der Waals surface area contributed by atoms with Gasteiger partial charge in [-0.25, -0.2) is 4.79 Å². The summed E-state index contributed by atoms with van der Waals surface area (Å²) in [6, 6.07) is 0.737. The molecule has 34 heavy (non-hydrogen) atoms. The highest BCUT2D eigenvalue weighted by molar-refractivity contribution is 6.01. The molecule has 2 rings (SSSR count). The SMILES string of the molecule is CC1CCCC(C)N1C[13C](=O)[15NH][13CH2][13CH2]C(=O)[15NH]CCC(=O)NCCC(=O)ON1C(=O)CCC1=O. The maximum Gasteiger partial charge on any atom is 0.334 e. The first-order valence-electron chi connectivity index (χ1n) is 11.8. The molecule has 12 heteroatoms. The molecule has 5 amide bonds. The van der Waals surface area contributed by atoms with Gasteiger partial charge in [0, 0.05) is 57.4 Å².